The van der Waals surface area contributed by atoms with E-state index in [2.05, 4.69) is 111 Å². The van der Waals surface area contributed by atoms with Crippen molar-refractivity contribution in [1.82, 2.24) is 9.97 Å². The molecule has 0 bridgehead atoms. The van der Waals surface area contributed by atoms with Gasteiger partial charge in [0.05, 0.1) is 22.9 Å². The van der Waals surface area contributed by atoms with Gasteiger partial charge < -0.3 is 0 Å². The summed E-state index contributed by atoms with van der Waals surface area (Å²) in [6.07, 6.45) is 7.73. The first-order valence-corrected chi connectivity index (χ1v) is 14.4. The van der Waals surface area contributed by atoms with Crippen LogP contribution < -0.4 is 0 Å². The number of nitrogens with zero attached hydrogens (tertiary/aromatic N) is 2. The molecule has 39 heavy (non-hydrogen) atoms. The summed E-state index contributed by atoms with van der Waals surface area (Å²) in [5.74, 6) is 0.580. The van der Waals surface area contributed by atoms with Gasteiger partial charge >= 0.3 is 0 Å². The van der Waals surface area contributed by atoms with Crippen molar-refractivity contribution in [2.45, 2.75) is 26.2 Å². The molecule has 0 amide bonds. The Bertz CT molecular complexity index is 2100. The number of thiophene rings is 1. The summed E-state index contributed by atoms with van der Waals surface area (Å²) >= 11 is 1.97. The van der Waals surface area contributed by atoms with Gasteiger partial charge in [-0.25, -0.2) is 4.98 Å². The van der Waals surface area contributed by atoms with Crippen LogP contribution in [0.3, 0.4) is 0 Å². The lowest BCUT2D eigenvalue weighted by Gasteiger charge is -2.14. The molecular weight excluding hydrogens is 492 g/mol. The first kappa shape index (κ1) is 22.6. The van der Waals surface area contributed by atoms with Crippen molar-refractivity contribution < 1.29 is 0 Å². The highest BCUT2D eigenvalue weighted by atomic mass is 32.1. The summed E-state index contributed by atoms with van der Waals surface area (Å²) in [5, 5.41) is 6.08. The fourth-order valence-electron chi connectivity index (χ4n) is 6.31. The Hall–Kier alpha value is -4.34. The van der Waals surface area contributed by atoms with Gasteiger partial charge in [0, 0.05) is 31.3 Å². The normalized spacial score (nSPS) is 15.0. The minimum atomic E-state index is 0.580. The van der Waals surface area contributed by atoms with E-state index >= 15 is 0 Å². The van der Waals surface area contributed by atoms with E-state index in [-0.39, 0.29) is 0 Å². The maximum absolute atomic E-state index is 5.29. The monoisotopic (exact) mass is 518 g/mol. The number of rotatable bonds is 2. The molecule has 0 spiro atoms. The Morgan fingerprint density at radius 1 is 0.744 bits per heavy atom. The van der Waals surface area contributed by atoms with Gasteiger partial charge in [0.25, 0.3) is 0 Å². The standard InChI is InChI=1S/C36H26N2S/c1-21-10-9-17-30-31-19-23(18-22(2)36(31)39-35(21)30)24-11-3-6-14-27(24)32-20-37-33-28-15-7-4-12-25(28)26-13-5-8-16-29(26)34(33)38-32/h3-9,11-21H,10H2,1-2H3. The first-order valence-electron chi connectivity index (χ1n) is 13.6. The largest absolute Gasteiger partial charge is 0.252 e. The van der Waals surface area contributed by atoms with Crippen molar-refractivity contribution in [2.75, 3.05) is 0 Å². The SMILES string of the molecule is Cc1cc(-c2ccccc2-c2cnc3c4ccccc4c4ccccc4c3n2)cc2c3c(sc12)C(C)CC=C3. The highest BCUT2D eigenvalue weighted by Gasteiger charge is 2.21. The van der Waals surface area contributed by atoms with Crippen LogP contribution in [0, 0.1) is 6.92 Å². The number of aryl methyl sites for hydroxylation is 1. The average Bonchev–Trinajstić information content (AvgIpc) is 3.38. The Morgan fingerprint density at radius 2 is 1.41 bits per heavy atom. The van der Waals surface area contributed by atoms with E-state index in [1.807, 2.05) is 17.5 Å². The van der Waals surface area contributed by atoms with E-state index in [9.17, 15) is 0 Å². The Morgan fingerprint density at radius 3 is 2.18 bits per heavy atom. The van der Waals surface area contributed by atoms with Crippen molar-refractivity contribution in [3.05, 3.63) is 113 Å². The molecule has 2 heterocycles. The highest BCUT2D eigenvalue weighted by molar-refractivity contribution is 7.19. The number of aromatic nitrogens is 2. The molecule has 1 unspecified atom stereocenters. The fourth-order valence-corrected chi connectivity index (χ4v) is 7.61. The lowest BCUT2D eigenvalue weighted by molar-refractivity contribution is 0.791. The van der Waals surface area contributed by atoms with Gasteiger partial charge in [-0.1, -0.05) is 91.9 Å². The summed E-state index contributed by atoms with van der Waals surface area (Å²) < 4.78 is 1.41. The maximum atomic E-state index is 5.29. The number of fused-ring (bicyclic) bond motifs is 9. The smallest absolute Gasteiger partial charge is 0.0979 e. The third-order valence-electron chi connectivity index (χ3n) is 8.21. The molecule has 0 radical (unpaired) electrons. The van der Waals surface area contributed by atoms with Crippen LogP contribution in [-0.4, -0.2) is 9.97 Å². The predicted octanol–water partition coefficient (Wildman–Crippen LogP) is 10.3. The Balaban J connectivity index is 1.37. The third-order valence-corrected chi connectivity index (χ3v) is 9.79. The minimum absolute atomic E-state index is 0.580. The van der Waals surface area contributed by atoms with E-state index in [1.54, 1.807) is 0 Å². The van der Waals surface area contributed by atoms with E-state index in [1.165, 1.54) is 48.0 Å². The van der Waals surface area contributed by atoms with E-state index in [0.29, 0.717) is 5.92 Å². The van der Waals surface area contributed by atoms with Gasteiger partial charge in [-0.05, 0) is 64.4 Å². The summed E-state index contributed by atoms with van der Waals surface area (Å²) in [6.45, 7) is 4.59. The topological polar surface area (TPSA) is 25.8 Å². The maximum Gasteiger partial charge on any atom is 0.0979 e. The van der Waals surface area contributed by atoms with Crippen LogP contribution in [0.4, 0.5) is 0 Å². The van der Waals surface area contributed by atoms with Crippen LogP contribution in [0.2, 0.25) is 0 Å². The van der Waals surface area contributed by atoms with Gasteiger partial charge in [-0.3, -0.25) is 4.98 Å². The lowest BCUT2D eigenvalue weighted by atomic mass is 9.91. The van der Waals surface area contributed by atoms with E-state index in [4.69, 9.17) is 9.97 Å². The van der Waals surface area contributed by atoms with Crippen LogP contribution in [-0.2, 0) is 0 Å². The molecule has 7 aromatic rings. The zero-order valence-electron chi connectivity index (χ0n) is 21.9. The fraction of sp³-hybridized carbons (Fsp3) is 0.111. The Kier molecular flexibility index (Phi) is 4.98. The van der Waals surface area contributed by atoms with Gasteiger partial charge in [0.15, 0.2) is 0 Å². The van der Waals surface area contributed by atoms with Crippen molar-refractivity contribution in [3.8, 4) is 22.4 Å². The van der Waals surface area contributed by atoms with Crippen LogP contribution in [0.1, 0.15) is 35.3 Å². The van der Waals surface area contributed by atoms with E-state index < -0.39 is 0 Å². The molecule has 5 aromatic carbocycles. The van der Waals surface area contributed by atoms with Gasteiger partial charge in [0.1, 0.15) is 0 Å². The van der Waals surface area contributed by atoms with Crippen LogP contribution in [0.15, 0.2) is 97.2 Å². The first-order chi connectivity index (χ1) is 19.2. The van der Waals surface area contributed by atoms with Crippen molar-refractivity contribution in [3.63, 3.8) is 0 Å². The number of hydrogen-bond acceptors (Lipinski definition) is 3. The number of benzene rings is 5. The zero-order valence-corrected chi connectivity index (χ0v) is 22.7. The second-order valence-electron chi connectivity index (χ2n) is 10.7. The molecule has 0 fully saturated rings. The van der Waals surface area contributed by atoms with Crippen molar-refractivity contribution in [1.29, 1.82) is 0 Å². The number of hydrogen-bond donors (Lipinski definition) is 0. The number of allylic oxidation sites excluding steroid dienone is 1. The summed E-state index contributed by atoms with van der Waals surface area (Å²) in [5.41, 5.74) is 9.07. The molecule has 0 saturated heterocycles. The average molecular weight is 519 g/mol. The molecule has 8 rings (SSSR count). The molecular formula is C36H26N2S. The Labute approximate surface area is 231 Å². The quantitative estimate of drug-likeness (QED) is 0.213. The highest BCUT2D eigenvalue weighted by Crippen LogP contribution is 2.45. The second kappa shape index (κ2) is 8.59. The second-order valence-corrected chi connectivity index (χ2v) is 11.7. The zero-order chi connectivity index (χ0) is 26.1. The molecule has 0 saturated carbocycles. The van der Waals surface area contributed by atoms with E-state index in [0.717, 1.165) is 39.5 Å². The predicted molar refractivity (Wildman–Crippen MR) is 168 cm³/mol. The van der Waals surface area contributed by atoms with Crippen LogP contribution in [0.25, 0.3) is 71.1 Å². The van der Waals surface area contributed by atoms with Gasteiger partial charge in [0.2, 0.25) is 0 Å². The molecule has 1 aliphatic carbocycles. The molecule has 0 aliphatic heterocycles. The van der Waals surface area contributed by atoms with Crippen molar-refractivity contribution in [2.24, 2.45) is 0 Å². The molecule has 3 heteroatoms. The molecule has 1 atom stereocenters. The van der Waals surface area contributed by atoms with Gasteiger partial charge in [-0.2, -0.15) is 0 Å². The molecule has 186 valence electrons. The summed E-state index contributed by atoms with van der Waals surface area (Å²) in [7, 11) is 0. The molecule has 0 N–H and O–H groups in total. The molecule has 2 aromatic heterocycles. The summed E-state index contributed by atoms with van der Waals surface area (Å²) in [6, 6.07) is 30.4. The van der Waals surface area contributed by atoms with Gasteiger partial charge in [-0.15, -0.1) is 11.3 Å². The van der Waals surface area contributed by atoms with Crippen LogP contribution >= 0.6 is 11.3 Å². The summed E-state index contributed by atoms with van der Waals surface area (Å²) in [4.78, 5) is 11.8. The van der Waals surface area contributed by atoms with Crippen LogP contribution in [0.5, 0.6) is 0 Å². The molecule has 1 aliphatic rings. The molecule has 2 nitrogen and oxygen atoms in total. The van der Waals surface area contributed by atoms with Crippen molar-refractivity contribution >= 4 is 60.1 Å². The third kappa shape index (κ3) is 3.40. The lowest BCUT2D eigenvalue weighted by Crippen LogP contribution is -1.95. The minimum Gasteiger partial charge on any atom is -0.252 e.